The van der Waals surface area contributed by atoms with Crippen LogP contribution >= 0.6 is 11.6 Å². The number of hydrogen-bond acceptors (Lipinski definition) is 10. The summed E-state index contributed by atoms with van der Waals surface area (Å²) in [7, 11) is -4.36. The lowest BCUT2D eigenvalue weighted by atomic mass is 9.97. The van der Waals surface area contributed by atoms with Gasteiger partial charge in [-0.1, -0.05) is 97.7 Å². The molecular weight excluding hydrogens is 780 g/mol. The van der Waals surface area contributed by atoms with Crippen LogP contribution in [-0.2, 0) is 60.0 Å². The molecule has 0 fully saturated rings. The second-order valence-corrected chi connectivity index (χ2v) is 15.1. The Morgan fingerprint density at radius 3 is 2.21 bits per heavy atom. The van der Waals surface area contributed by atoms with Crippen molar-refractivity contribution >= 4 is 51.2 Å². The molecule has 3 aromatic carbocycles. The van der Waals surface area contributed by atoms with Crippen molar-refractivity contribution in [2.24, 2.45) is 5.92 Å². The molecule has 16 nitrogen and oxygen atoms in total. The van der Waals surface area contributed by atoms with Crippen molar-refractivity contribution in [3.8, 4) is 11.1 Å². The number of carboxylic acid groups (broad SMARTS) is 1. The molecule has 0 spiro atoms. The van der Waals surface area contributed by atoms with Crippen LogP contribution in [0.25, 0.3) is 11.1 Å². The summed E-state index contributed by atoms with van der Waals surface area (Å²) in [5, 5.41) is 33.6. The Labute approximate surface area is 334 Å². The summed E-state index contributed by atoms with van der Waals surface area (Å²) in [6.07, 6.45) is 1.25. The van der Waals surface area contributed by atoms with Crippen molar-refractivity contribution < 1.29 is 47.8 Å². The van der Waals surface area contributed by atoms with Gasteiger partial charge in [0.05, 0.1) is 17.2 Å². The molecule has 0 saturated carbocycles. The highest BCUT2D eigenvalue weighted by atomic mass is 35.5. The van der Waals surface area contributed by atoms with E-state index in [0.717, 1.165) is 24.2 Å². The number of imidazole rings is 1. The molecule has 2 atom stereocenters. The number of aromatic nitrogens is 2. The third-order valence-corrected chi connectivity index (χ3v) is 10.7. The second kappa shape index (κ2) is 21.1. The highest BCUT2D eigenvalue weighted by molar-refractivity contribution is 7.90. The Balaban J connectivity index is 1.31. The summed E-state index contributed by atoms with van der Waals surface area (Å²) in [5.74, 6) is -5.75. The number of nitrogens with one attached hydrogen (secondary N) is 4. The maximum atomic E-state index is 13.4. The van der Waals surface area contributed by atoms with E-state index < -0.39 is 64.4 Å². The van der Waals surface area contributed by atoms with E-state index in [1.54, 1.807) is 54.6 Å². The minimum absolute atomic E-state index is 0.125. The van der Waals surface area contributed by atoms with E-state index in [2.05, 4.69) is 22.5 Å². The van der Waals surface area contributed by atoms with E-state index in [9.17, 15) is 42.6 Å². The summed E-state index contributed by atoms with van der Waals surface area (Å²) in [6.45, 7) is 1.90. The smallest absolute Gasteiger partial charge is 0.326 e. The number of aliphatic carboxylic acids is 1. The van der Waals surface area contributed by atoms with Gasteiger partial charge >= 0.3 is 5.97 Å². The Morgan fingerprint density at radius 2 is 1.56 bits per heavy atom. The van der Waals surface area contributed by atoms with Crippen LogP contribution < -0.4 is 20.8 Å². The van der Waals surface area contributed by atoms with Gasteiger partial charge in [0.15, 0.2) is 5.15 Å². The third-order valence-electron chi connectivity index (χ3n) is 9.01. The summed E-state index contributed by atoms with van der Waals surface area (Å²) >= 11 is 6.28. The maximum Gasteiger partial charge on any atom is 0.326 e. The Kier molecular flexibility index (Phi) is 16.3. The number of halogens is 1. The van der Waals surface area contributed by atoms with Gasteiger partial charge in [-0.2, -0.15) is 0 Å². The molecule has 4 aromatic rings. The number of aryl methyl sites for hydroxylation is 1. The molecule has 4 amide bonds. The third kappa shape index (κ3) is 12.4. The lowest BCUT2D eigenvalue weighted by molar-refractivity contribution is -0.146. The van der Waals surface area contributed by atoms with E-state index >= 15 is 0 Å². The lowest BCUT2D eigenvalue weighted by Crippen LogP contribution is -2.48. The van der Waals surface area contributed by atoms with E-state index in [1.807, 2.05) is 21.4 Å². The molecule has 57 heavy (non-hydrogen) atoms. The van der Waals surface area contributed by atoms with Crippen molar-refractivity contribution in [1.82, 2.24) is 30.4 Å². The summed E-state index contributed by atoms with van der Waals surface area (Å²) < 4.78 is 30.7. The molecule has 0 radical (unpaired) electrons. The van der Waals surface area contributed by atoms with Crippen LogP contribution in [0, 0.1) is 5.92 Å². The molecule has 18 heteroatoms. The number of hydroxylamine groups is 1. The minimum atomic E-state index is -4.36. The van der Waals surface area contributed by atoms with Gasteiger partial charge in [-0.25, -0.2) is 28.4 Å². The molecule has 0 saturated heterocycles. The minimum Gasteiger partial charge on any atom is -0.480 e. The zero-order valence-corrected chi connectivity index (χ0v) is 32.7. The van der Waals surface area contributed by atoms with Crippen molar-refractivity contribution in [2.75, 3.05) is 6.54 Å². The van der Waals surface area contributed by atoms with E-state index in [1.165, 1.54) is 17.6 Å². The first-order valence-electron chi connectivity index (χ1n) is 18.1. The molecule has 304 valence electrons. The first-order chi connectivity index (χ1) is 27.3. The molecule has 2 unspecified atom stereocenters. The molecule has 0 aliphatic carbocycles. The van der Waals surface area contributed by atoms with Gasteiger partial charge in [0, 0.05) is 37.9 Å². The quantitative estimate of drug-likeness (QED) is 0.0366. The zero-order chi connectivity index (χ0) is 41.5. The van der Waals surface area contributed by atoms with Crippen molar-refractivity contribution in [3.63, 3.8) is 0 Å². The molecular formula is C39H45ClN6O10S. The fraction of sp³-hybridized carbons (Fsp3) is 0.333. The molecule has 0 aliphatic heterocycles. The average molecular weight is 825 g/mol. The summed E-state index contributed by atoms with van der Waals surface area (Å²) in [5.41, 5.74) is 4.27. The van der Waals surface area contributed by atoms with Crippen molar-refractivity contribution in [1.29, 1.82) is 0 Å². The van der Waals surface area contributed by atoms with Crippen LogP contribution in [-0.4, -0.2) is 75.6 Å². The number of nitrogens with zero attached hydrogens (tertiary/aromatic N) is 2. The maximum absolute atomic E-state index is 13.4. The number of carboxylic acids is 1. The SMILES string of the molecule is CCCCc1nc(Cl)c(CO)n1Cc1ccc(-c2ccccc2S(=O)(=O)NC(=O)CCNC(=O)CCC(NC(=O)C(Cc2ccccc2)C(=O)NO)C(=O)O)cc1. The fourth-order valence-corrected chi connectivity index (χ4v) is 7.48. The Hall–Kier alpha value is -5.62. The summed E-state index contributed by atoms with van der Waals surface area (Å²) in [4.78, 5) is 66.4. The number of unbranched alkanes of at least 4 members (excludes halogenated alkanes) is 1. The van der Waals surface area contributed by atoms with Gasteiger partial charge in [-0.15, -0.1) is 0 Å². The molecule has 7 N–H and O–H groups in total. The lowest BCUT2D eigenvalue weighted by Gasteiger charge is -2.19. The van der Waals surface area contributed by atoms with Crippen molar-refractivity contribution in [3.05, 3.63) is 107 Å². The number of rotatable bonds is 21. The van der Waals surface area contributed by atoms with Crippen LogP contribution in [0.15, 0.2) is 83.8 Å². The Morgan fingerprint density at radius 1 is 0.877 bits per heavy atom. The van der Waals surface area contributed by atoms with Gasteiger partial charge in [0.25, 0.3) is 15.9 Å². The molecule has 4 rings (SSSR count). The largest absolute Gasteiger partial charge is 0.480 e. The highest BCUT2D eigenvalue weighted by Gasteiger charge is 2.31. The number of carbonyl (C=O) groups is 5. The van der Waals surface area contributed by atoms with E-state index in [-0.39, 0.29) is 36.0 Å². The molecule has 0 bridgehead atoms. The molecule has 0 aliphatic rings. The second-order valence-electron chi connectivity index (χ2n) is 13.1. The first-order valence-corrected chi connectivity index (χ1v) is 20.0. The van der Waals surface area contributed by atoms with Gasteiger partial charge < -0.3 is 25.4 Å². The number of aliphatic hydroxyl groups excluding tert-OH is 1. The predicted octanol–water partition coefficient (Wildman–Crippen LogP) is 3.11. The molecule has 1 aromatic heterocycles. The number of carbonyl (C=O) groups excluding carboxylic acids is 4. The van der Waals surface area contributed by atoms with Gasteiger partial charge in [0.1, 0.15) is 17.8 Å². The van der Waals surface area contributed by atoms with Crippen LogP contribution in [0.3, 0.4) is 0 Å². The topological polar surface area (TPSA) is 246 Å². The average Bonchev–Trinajstić information content (AvgIpc) is 3.50. The number of aliphatic hydroxyl groups is 1. The van der Waals surface area contributed by atoms with E-state index in [0.29, 0.717) is 35.3 Å². The van der Waals surface area contributed by atoms with Gasteiger partial charge in [0.2, 0.25) is 17.7 Å². The first kappa shape index (κ1) is 44.1. The monoisotopic (exact) mass is 824 g/mol. The number of amides is 4. The Bertz CT molecular complexity index is 2150. The zero-order valence-electron chi connectivity index (χ0n) is 31.1. The normalized spacial score (nSPS) is 12.3. The van der Waals surface area contributed by atoms with Crippen molar-refractivity contribution in [2.45, 2.75) is 76.0 Å². The summed E-state index contributed by atoms with van der Waals surface area (Å²) in [6, 6.07) is 20.1. The highest BCUT2D eigenvalue weighted by Crippen LogP contribution is 2.28. The number of benzene rings is 3. The van der Waals surface area contributed by atoms with Crippen LogP contribution in [0.1, 0.15) is 61.7 Å². The predicted molar refractivity (Wildman–Crippen MR) is 208 cm³/mol. The fourth-order valence-electron chi connectivity index (χ4n) is 5.98. The van der Waals surface area contributed by atoms with Crippen LogP contribution in [0.2, 0.25) is 5.15 Å². The van der Waals surface area contributed by atoms with Gasteiger partial charge in [-0.3, -0.25) is 24.4 Å². The van der Waals surface area contributed by atoms with Crippen LogP contribution in [0.5, 0.6) is 0 Å². The van der Waals surface area contributed by atoms with E-state index in [4.69, 9.17) is 16.8 Å². The standard InChI is InChI=1S/C39H45ClN6O10S/c1-2-3-13-33-43-36(40)31(24-47)46(33)23-26-14-16-27(17-15-26)28-11-7-8-12-32(28)57(55,56)45-35(49)20-21-41-34(48)19-18-30(39(52)53)42-37(50)29(38(51)44-54)22-25-9-5-4-6-10-25/h4-12,14-17,29-30,47,54H,2-3,13,18-24H2,1H3,(H,41,48)(H,42,50)(H,44,51)(H,45,49)(H,52,53). The number of hydrogen-bond donors (Lipinski definition) is 7. The van der Waals surface area contributed by atoms with Crippen LogP contribution in [0.4, 0.5) is 0 Å². The van der Waals surface area contributed by atoms with Gasteiger partial charge in [-0.05, 0) is 42.0 Å². The molecule has 1 heterocycles. The number of sulfonamides is 1.